The lowest BCUT2D eigenvalue weighted by atomic mass is 9.92. The number of nitrogens with one attached hydrogen (secondary N) is 1. The van der Waals surface area contributed by atoms with Crippen molar-refractivity contribution in [2.75, 3.05) is 0 Å². The zero-order valence-corrected chi connectivity index (χ0v) is 19.9. The second-order valence-corrected chi connectivity index (χ2v) is 9.22. The first kappa shape index (κ1) is 21.6. The van der Waals surface area contributed by atoms with Gasteiger partial charge in [-0.05, 0) is 59.2 Å². The molecule has 0 spiro atoms. The van der Waals surface area contributed by atoms with E-state index in [-0.39, 0.29) is 5.56 Å². The number of nitrogens with zero attached hydrogens (tertiary/aromatic N) is 1. The largest absolute Gasteiger partial charge is 0.321 e. The summed E-state index contributed by atoms with van der Waals surface area (Å²) in [7, 11) is 0. The molecule has 0 amide bonds. The van der Waals surface area contributed by atoms with Crippen LogP contribution < -0.4 is 5.56 Å². The average molecular weight is 493 g/mol. The summed E-state index contributed by atoms with van der Waals surface area (Å²) in [4.78, 5) is 21.6. The molecule has 0 saturated carbocycles. The van der Waals surface area contributed by atoms with Gasteiger partial charge in [-0.3, -0.25) is 4.79 Å². The van der Waals surface area contributed by atoms with Crippen molar-refractivity contribution >= 4 is 45.0 Å². The van der Waals surface area contributed by atoms with Crippen molar-refractivity contribution < 1.29 is 0 Å². The molecule has 2 heterocycles. The van der Waals surface area contributed by atoms with Gasteiger partial charge in [0.15, 0.2) is 0 Å². The van der Waals surface area contributed by atoms with Crippen LogP contribution in [0.15, 0.2) is 108 Å². The zero-order chi connectivity index (χ0) is 23.9. The summed E-state index contributed by atoms with van der Waals surface area (Å²) in [6.07, 6.45) is 0. The van der Waals surface area contributed by atoms with E-state index < -0.39 is 0 Å². The van der Waals surface area contributed by atoms with E-state index in [9.17, 15) is 4.79 Å². The molecule has 2 aromatic heterocycles. The highest BCUT2D eigenvalue weighted by molar-refractivity contribution is 6.32. The fraction of sp³-hybridized carbons (Fsp3) is 0. The highest BCUT2D eigenvalue weighted by Crippen LogP contribution is 2.38. The second kappa shape index (κ2) is 8.70. The van der Waals surface area contributed by atoms with Gasteiger partial charge >= 0.3 is 0 Å². The molecule has 0 aliphatic carbocycles. The number of rotatable bonds is 3. The molecular weight excluding hydrogens is 475 g/mol. The zero-order valence-electron chi connectivity index (χ0n) is 18.4. The molecule has 168 valence electrons. The molecule has 0 atom stereocenters. The Morgan fingerprint density at radius 3 is 1.97 bits per heavy atom. The summed E-state index contributed by atoms with van der Waals surface area (Å²) in [6.45, 7) is 0. The van der Waals surface area contributed by atoms with Crippen LogP contribution in [0.3, 0.4) is 0 Å². The van der Waals surface area contributed by atoms with Crippen molar-refractivity contribution in [3.63, 3.8) is 0 Å². The van der Waals surface area contributed by atoms with Crippen LogP contribution in [0.1, 0.15) is 0 Å². The number of fused-ring (bicyclic) bond motifs is 2. The molecule has 6 rings (SSSR count). The minimum absolute atomic E-state index is 0.210. The van der Waals surface area contributed by atoms with Gasteiger partial charge in [0.1, 0.15) is 0 Å². The van der Waals surface area contributed by atoms with Crippen LogP contribution in [-0.4, -0.2) is 9.97 Å². The van der Waals surface area contributed by atoms with Crippen LogP contribution >= 0.6 is 23.2 Å². The van der Waals surface area contributed by atoms with Crippen LogP contribution in [0.25, 0.3) is 55.3 Å². The number of benzene rings is 4. The first-order valence-electron chi connectivity index (χ1n) is 11.2. The van der Waals surface area contributed by atoms with Gasteiger partial charge in [-0.25, -0.2) is 4.98 Å². The number of halogens is 2. The molecule has 6 aromatic rings. The Morgan fingerprint density at radius 2 is 1.26 bits per heavy atom. The number of hydrogen-bond donors (Lipinski definition) is 1. The lowest BCUT2D eigenvalue weighted by Crippen LogP contribution is -2.12. The third-order valence-corrected chi connectivity index (χ3v) is 6.62. The van der Waals surface area contributed by atoms with Gasteiger partial charge in [-0.2, -0.15) is 0 Å². The third kappa shape index (κ3) is 3.89. The minimum Gasteiger partial charge on any atom is -0.321 e. The molecule has 0 aliphatic rings. The number of aromatic amines is 1. The van der Waals surface area contributed by atoms with Gasteiger partial charge in [0.2, 0.25) is 0 Å². The van der Waals surface area contributed by atoms with Crippen molar-refractivity contribution in [3.05, 3.63) is 124 Å². The van der Waals surface area contributed by atoms with E-state index in [4.69, 9.17) is 28.2 Å². The average Bonchev–Trinajstić information content (AvgIpc) is 2.88. The molecule has 0 fully saturated rings. The molecule has 3 nitrogen and oxygen atoms in total. The molecule has 1 N–H and O–H groups in total. The highest BCUT2D eigenvalue weighted by atomic mass is 35.5. The summed E-state index contributed by atoms with van der Waals surface area (Å²) in [5, 5.41) is 3.01. The molecule has 0 radical (unpaired) electrons. The maximum Gasteiger partial charge on any atom is 0.258 e. The smallest absolute Gasteiger partial charge is 0.258 e. The Hall–Kier alpha value is -3.92. The van der Waals surface area contributed by atoms with Crippen LogP contribution in [0.2, 0.25) is 10.0 Å². The van der Waals surface area contributed by atoms with Gasteiger partial charge in [0.25, 0.3) is 5.56 Å². The number of aromatic nitrogens is 2. The minimum atomic E-state index is -0.210. The van der Waals surface area contributed by atoms with E-state index >= 15 is 0 Å². The maximum absolute atomic E-state index is 13.6. The molecule has 35 heavy (non-hydrogen) atoms. The normalized spacial score (nSPS) is 11.3. The van der Waals surface area contributed by atoms with Gasteiger partial charge in [-0.1, -0.05) is 83.9 Å². The Morgan fingerprint density at radius 1 is 0.629 bits per heavy atom. The van der Waals surface area contributed by atoms with Gasteiger partial charge in [-0.15, -0.1) is 0 Å². The molecule has 0 bridgehead atoms. The number of hydrogen-bond acceptors (Lipinski definition) is 2. The van der Waals surface area contributed by atoms with E-state index in [1.165, 1.54) is 0 Å². The van der Waals surface area contributed by atoms with Crippen molar-refractivity contribution in [1.82, 2.24) is 9.97 Å². The summed E-state index contributed by atoms with van der Waals surface area (Å²) < 4.78 is 0. The van der Waals surface area contributed by atoms with E-state index in [2.05, 4.69) is 4.98 Å². The number of H-pyrrole nitrogens is 1. The fourth-order valence-corrected chi connectivity index (χ4v) is 4.94. The molecule has 4 aromatic carbocycles. The lowest BCUT2D eigenvalue weighted by molar-refractivity contribution is 1.28. The second-order valence-electron chi connectivity index (χ2n) is 8.34. The van der Waals surface area contributed by atoms with Crippen molar-refractivity contribution in [2.24, 2.45) is 0 Å². The summed E-state index contributed by atoms with van der Waals surface area (Å²) in [5.74, 6) is 0. The van der Waals surface area contributed by atoms with Crippen molar-refractivity contribution in [2.45, 2.75) is 0 Å². The van der Waals surface area contributed by atoms with Crippen LogP contribution in [-0.2, 0) is 0 Å². The quantitative estimate of drug-likeness (QED) is 0.269. The molecule has 0 saturated heterocycles. The Labute approximate surface area is 211 Å². The summed E-state index contributed by atoms with van der Waals surface area (Å²) in [5.41, 5.74) is 6.04. The van der Waals surface area contributed by atoms with E-state index in [0.29, 0.717) is 21.3 Å². The molecule has 5 heteroatoms. The summed E-state index contributed by atoms with van der Waals surface area (Å²) >= 11 is 12.7. The first-order chi connectivity index (χ1) is 17.1. The van der Waals surface area contributed by atoms with Crippen LogP contribution in [0, 0.1) is 0 Å². The van der Waals surface area contributed by atoms with Gasteiger partial charge in [0, 0.05) is 31.9 Å². The van der Waals surface area contributed by atoms with Gasteiger partial charge in [0.05, 0.1) is 16.8 Å². The molecule has 0 aliphatic heterocycles. The predicted octanol–water partition coefficient (Wildman–Crippen LogP) is 8.38. The van der Waals surface area contributed by atoms with Gasteiger partial charge < -0.3 is 4.98 Å². The van der Waals surface area contributed by atoms with E-state index in [0.717, 1.165) is 44.1 Å². The van der Waals surface area contributed by atoms with Crippen molar-refractivity contribution in [3.8, 4) is 33.5 Å². The maximum atomic E-state index is 13.6. The Bertz CT molecular complexity index is 1780. The Balaban J connectivity index is 1.76. The molecule has 0 unspecified atom stereocenters. The SMILES string of the molecule is O=c1[nH]c2ccc(Cl)cc2c(-c2ccccc2)c1-c1cc(-c2ccccc2)c2cc(Cl)ccc2n1. The summed E-state index contributed by atoms with van der Waals surface area (Å²) in [6, 6.07) is 33.0. The first-order valence-corrected chi connectivity index (χ1v) is 11.9. The van der Waals surface area contributed by atoms with Crippen LogP contribution in [0.5, 0.6) is 0 Å². The van der Waals surface area contributed by atoms with Crippen LogP contribution in [0.4, 0.5) is 0 Å². The predicted molar refractivity (Wildman–Crippen MR) is 146 cm³/mol. The third-order valence-electron chi connectivity index (χ3n) is 6.15. The Kier molecular flexibility index (Phi) is 5.37. The fourth-order valence-electron chi connectivity index (χ4n) is 4.60. The highest BCUT2D eigenvalue weighted by Gasteiger charge is 2.20. The molecular formula is C30H18Cl2N2O. The van der Waals surface area contributed by atoms with E-state index in [1.54, 1.807) is 6.07 Å². The monoisotopic (exact) mass is 492 g/mol. The lowest BCUT2D eigenvalue weighted by Gasteiger charge is -2.15. The topological polar surface area (TPSA) is 45.8 Å². The number of pyridine rings is 2. The standard InChI is InChI=1S/C30H18Cl2N2O/c31-20-11-13-25-23(15-20)22(18-7-3-1-4-8-18)17-27(33-25)29-28(19-9-5-2-6-10-19)24-16-21(32)12-14-26(24)34-30(29)35/h1-17H,(H,34,35). The van der Waals surface area contributed by atoms with E-state index in [1.807, 2.05) is 97.1 Å². The van der Waals surface area contributed by atoms with Crippen molar-refractivity contribution in [1.29, 1.82) is 0 Å².